The SMILES string of the molecule is CCCn1nc(C)c(C(=O)N(C)Cc2cc(C(=O)O)c(C)o2)c1C. The van der Waals surface area contributed by atoms with Gasteiger partial charge in [-0.25, -0.2) is 4.79 Å². The first-order chi connectivity index (χ1) is 11.3. The van der Waals surface area contributed by atoms with Crippen LogP contribution in [0.3, 0.4) is 0 Å². The van der Waals surface area contributed by atoms with E-state index in [9.17, 15) is 9.59 Å². The first-order valence-corrected chi connectivity index (χ1v) is 7.88. The summed E-state index contributed by atoms with van der Waals surface area (Å²) in [6, 6.07) is 1.46. The first kappa shape index (κ1) is 17.8. The van der Waals surface area contributed by atoms with E-state index in [4.69, 9.17) is 9.52 Å². The summed E-state index contributed by atoms with van der Waals surface area (Å²) >= 11 is 0. The minimum absolute atomic E-state index is 0.119. The van der Waals surface area contributed by atoms with Gasteiger partial charge in [-0.2, -0.15) is 5.10 Å². The molecule has 7 nitrogen and oxygen atoms in total. The molecular weight excluding hydrogens is 310 g/mol. The molecule has 0 unspecified atom stereocenters. The van der Waals surface area contributed by atoms with Crippen LogP contribution in [-0.2, 0) is 13.1 Å². The summed E-state index contributed by atoms with van der Waals surface area (Å²) in [5, 5.41) is 13.5. The van der Waals surface area contributed by atoms with Gasteiger partial charge >= 0.3 is 5.97 Å². The molecule has 0 fully saturated rings. The molecule has 7 heteroatoms. The van der Waals surface area contributed by atoms with Crippen LogP contribution in [0.5, 0.6) is 0 Å². The lowest BCUT2D eigenvalue weighted by molar-refractivity contribution is 0.0694. The molecule has 2 rings (SSSR count). The molecule has 1 amide bonds. The molecule has 0 aromatic carbocycles. The largest absolute Gasteiger partial charge is 0.478 e. The van der Waals surface area contributed by atoms with Crippen LogP contribution in [0.2, 0.25) is 0 Å². The number of hydrogen-bond acceptors (Lipinski definition) is 4. The number of carbonyl (C=O) groups is 2. The first-order valence-electron chi connectivity index (χ1n) is 7.88. The number of nitrogens with zero attached hydrogens (tertiary/aromatic N) is 3. The average molecular weight is 333 g/mol. The van der Waals surface area contributed by atoms with Crippen LogP contribution in [0, 0.1) is 20.8 Å². The Bertz CT molecular complexity index is 773. The molecule has 2 heterocycles. The van der Waals surface area contributed by atoms with E-state index in [1.165, 1.54) is 11.0 Å². The molecule has 1 N–H and O–H groups in total. The Labute approximate surface area is 140 Å². The van der Waals surface area contributed by atoms with Crippen LogP contribution in [0.25, 0.3) is 0 Å². The van der Waals surface area contributed by atoms with Gasteiger partial charge in [0.25, 0.3) is 5.91 Å². The van der Waals surface area contributed by atoms with E-state index < -0.39 is 5.97 Å². The van der Waals surface area contributed by atoms with Crippen molar-refractivity contribution in [2.45, 2.75) is 47.2 Å². The molecule has 130 valence electrons. The van der Waals surface area contributed by atoms with Gasteiger partial charge in [0.15, 0.2) is 0 Å². The topological polar surface area (TPSA) is 88.6 Å². The number of furan rings is 1. The molecule has 0 saturated heterocycles. The fourth-order valence-corrected chi connectivity index (χ4v) is 2.77. The third kappa shape index (κ3) is 3.34. The number of aromatic carboxylic acids is 1. The van der Waals surface area contributed by atoms with Crippen LogP contribution in [0.4, 0.5) is 0 Å². The summed E-state index contributed by atoms with van der Waals surface area (Å²) < 4.78 is 7.28. The summed E-state index contributed by atoms with van der Waals surface area (Å²) in [5.41, 5.74) is 2.24. The summed E-state index contributed by atoms with van der Waals surface area (Å²) in [6.45, 7) is 8.32. The van der Waals surface area contributed by atoms with Gasteiger partial charge in [-0.05, 0) is 33.3 Å². The van der Waals surface area contributed by atoms with E-state index >= 15 is 0 Å². The minimum Gasteiger partial charge on any atom is -0.478 e. The molecule has 2 aromatic heterocycles. The number of aryl methyl sites for hydroxylation is 3. The Balaban J connectivity index is 2.21. The van der Waals surface area contributed by atoms with Gasteiger partial charge in [0.1, 0.15) is 17.1 Å². The molecular formula is C17H23N3O4. The van der Waals surface area contributed by atoms with Crippen molar-refractivity contribution in [2.24, 2.45) is 0 Å². The summed E-state index contributed by atoms with van der Waals surface area (Å²) in [7, 11) is 1.66. The van der Waals surface area contributed by atoms with Gasteiger partial charge in [-0.3, -0.25) is 9.48 Å². The molecule has 0 aliphatic carbocycles. The predicted octanol–water partition coefficient (Wildman–Crippen LogP) is 2.78. The molecule has 24 heavy (non-hydrogen) atoms. The minimum atomic E-state index is -1.04. The van der Waals surface area contributed by atoms with Crippen molar-refractivity contribution >= 4 is 11.9 Å². The maximum atomic E-state index is 12.7. The van der Waals surface area contributed by atoms with Crippen molar-refractivity contribution < 1.29 is 19.1 Å². The lowest BCUT2D eigenvalue weighted by atomic mass is 10.1. The van der Waals surface area contributed by atoms with Gasteiger partial charge in [0, 0.05) is 19.3 Å². The van der Waals surface area contributed by atoms with Gasteiger partial charge in [0.05, 0.1) is 17.8 Å². The van der Waals surface area contributed by atoms with Crippen molar-refractivity contribution in [2.75, 3.05) is 7.05 Å². The van der Waals surface area contributed by atoms with E-state index in [0.29, 0.717) is 22.8 Å². The van der Waals surface area contributed by atoms with Crippen molar-refractivity contribution in [1.82, 2.24) is 14.7 Å². The lowest BCUT2D eigenvalue weighted by Crippen LogP contribution is -2.27. The number of amides is 1. The van der Waals surface area contributed by atoms with Crippen LogP contribution in [0.1, 0.15) is 57.0 Å². The van der Waals surface area contributed by atoms with Gasteiger partial charge < -0.3 is 14.4 Å². The zero-order chi connectivity index (χ0) is 18.0. The van der Waals surface area contributed by atoms with E-state index in [1.807, 2.05) is 18.5 Å². The Morgan fingerprint density at radius 3 is 2.54 bits per heavy atom. The predicted molar refractivity (Wildman–Crippen MR) is 88.2 cm³/mol. The smallest absolute Gasteiger partial charge is 0.339 e. The lowest BCUT2D eigenvalue weighted by Gasteiger charge is -2.16. The Morgan fingerprint density at radius 2 is 2.00 bits per heavy atom. The zero-order valence-electron chi connectivity index (χ0n) is 14.7. The van der Waals surface area contributed by atoms with E-state index in [1.54, 1.807) is 14.0 Å². The molecule has 0 radical (unpaired) electrons. The molecule has 0 aliphatic heterocycles. The molecule has 2 aromatic rings. The number of rotatable bonds is 6. The maximum Gasteiger partial charge on any atom is 0.339 e. The summed E-state index contributed by atoms with van der Waals surface area (Å²) in [5.74, 6) is -0.416. The number of carboxylic acid groups (broad SMARTS) is 1. The average Bonchev–Trinajstić information content (AvgIpc) is 2.99. The van der Waals surface area contributed by atoms with Crippen molar-refractivity contribution in [3.05, 3.63) is 40.1 Å². The second-order valence-electron chi connectivity index (χ2n) is 5.92. The second kappa shape index (κ2) is 6.90. The maximum absolute atomic E-state index is 12.7. The number of aromatic nitrogens is 2. The van der Waals surface area contributed by atoms with Crippen molar-refractivity contribution in [3.63, 3.8) is 0 Å². The normalized spacial score (nSPS) is 10.9. The molecule has 0 bridgehead atoms. The molecule has 0 saturated carbocycles. The summed E-state index contributed by atoms with van der Waals surface area (Å²) in [6.07, 6.45) is 0.940. The fourth-order valence-electron chi connectivity index (χ4n) is 2.77. The number of hydrogen-bond donors (Lipinski definition) is 1. The quantitative estimate of drug-likeness (QED) is 0.878. The summed E-state index contributed by atoms with van der Waals surface area (Å²) in [4.78, 5) is 25.3. The van der Waals surface area contributed by atoms with Gasteiger partial charge in [0.2, 0.25) is 0 Å². The fraction of sp³-hybridized carbons (Fsp3) is 0.471. The molecule has 0 aliphatic rings. The highest BCUT2D eigenvalue weighted by Crippen LogP contribution is 2.19. The highest BCUT2D eigenvalue weighted by atomic mass is 16.4. The van der Waals surface area contributed by atoms with E-state index in [2.05, 4.69) is 12.0 Å². The highest BCUT2D eigenvalue weighted by Gasteiger charge is 2.23. The highest BCUT2D eigenvalue weighted by molar-refractivity contribution is 5.96. The third-order valence-electron chi connectivity index (χ3n) is 3.97. The third-order valence-corrected chi connectivity index (χ3v) is 3.97. The molecule has 0 spiro atoms. The monoisotopic (exact) mass is 333 g/mol. The molecule has 0 atom stereocenters. The van der Waals surface area contributed by atoms with Crippen LogP contribution >= 0.6 is 0 Å². The van der Waals surface area contributed by atoms with Crippen molar-refractivity contribution in [3.8, 4) is 0 Å². The number of carbonyl (C=O) groups excluding carboxylic acids is 1. The van der Waals surface area contributed by atoms with Crippen LogP contribution in [0.15, 0.2) is 10.5 Å². The van der Waals surface area contributed by atoms with E-state index in [0.717, 1.165) is 18.7 Å². The standard InChI is InChI=1S/C17H23N3O4/c1-6-7-20-11(3)15(10(2)18-20)16(21)19(5)9-13-8-14(17(22)23)12(4)24-13/h8H,6-7,9H2,1-5H3,(H,22,23). The zero-order valence-corrected chi connectivity index (χ0v) is 14.7. The second-order valence-corrected chi connectivity index (χ2v) is 5.92. The van der Waals surface area contributed by atoms with Gasteiger partial charge in [-0.1, -0.05) is 6.92 Å². The van der Waals surface area contributed by atoms with E-state index in [-0.39, 0.29) is 18.0 Å². The Kier molecular flexibility index (Phi) is 5.11. The van der Waals surface area contributed by atoms with Gasteiger partial charge in [-0.15, -0.1) is 0 Å². The Hall–Kier alpha value is -2.57. The van der Waals surface area contributed by atoms with Crippen LogP contribution < -0.4 is 0 Å². The Morgan fingerprint density at radius 1 is 1.33 bits per heavy atom. The number of carboxylic acids is 1. The van der Waals surface area contributed by atoms with Crippen molar-refractivity contribution in [1.29, 1.82) is 0 Å². The van der Waals surface area contributed by atoms with Crippen LogP contribution in [-0.4, -0.2) is 38.7 Å².